The lowest BCUT2D eigenvalue weighted by Gasteiger charge is -2.28. The third-order valence-corrected chi connectivity index (χ3v) is 4.13. The van der Waals surface area contributed by atoms with Gasteiger partial charge in [0.25, 0.3) is 0 Å². The van der Waals surface area contributed by atoms with E-state index in [1.165, 1.54) is 12.1 Å². The van der Waals surface area contributed by atoms with Gasteiger partial charge in [-0.2, -0.15) is 0 Å². The lowest BCUT2D eigenvalue weighted by molar-refractivity contribution is -0.144. The van der Waals surface area contributed by atoms with E-state index in [0.717, 1.165) is 5.69 Å². The topological polar surface area (TPSA) is 66.6 Å². The Balaban J connectivity index is 1.97. The fourth-order valence-electron chi connectivity index (χ4n) is 2.89. The fraction of sp³-hybridized carbons (Fsp3) is 0.200. The molecule has 0 bridgehead atoms. The van der Waals surface area contributed by atoms with E-state index in [9.17, 15) is 14.3 Å². The molecule has 2 aromatic heterocycles. The first-order chi connectivity index (χ1) is 12.5. The summed E-state index contributed by atoms with van der Waals surface area (Å²) in [6, 6.07) is 12.5. The second-order valence-corrected chi connectivity index (χ2v) is 6.05. The molecular weight excluding hydrogens is 335 g/mol. The maximum atomic E-state index is 13.6. The number of carboxylic acids is 1. The first kappa shape index (κ1) is 17.8. The van der Waals surface area contributed by atoms with Gasteiger partial charge >= 0.3 is 5.97 Å². The van der Waals surface area contributed by atoms with Crippen LogP contribution in [0.2, 0.25) is 0 Å². The Morgan fingerprint density at radius 3 is 2.69 bits per heavy atom. The van der Waals surface area contributed by atoms with Gasteiger partial charge in [0.15, 0.2) is 0 Å². The molecule has 0 aliphatic rings. The predicted octanol–water partition coefficient (Wildman–Crippen LogP) is 3.95. The van der Waals surface area contributed by atoms with Crippen LogP contribution in [0.15, 0.2) is 65.4 Å². The Morgan fingerprint density at radius 2 is 2.08 bits per heavy atom. The van der Waals surface area contributed by atoms with Gasteiger partial charge in [0.05, 0.1) is 18.5 Å². The average molecular weight is 354 g/mol. The van der Waals surface area contributed by atoms with E-state index < -0.39 is 12.0 Å². The van der Waals surface area contributed by atoms with Gasteiger partial charge < -0.3 is 9.52 Å². The van der Waals surface area contributed by atoms with Crippen LogP contribution in [-0.4, -0.2) is 21.0 Å². The van der Waals surface area contributed by atoms with Gasteiger partial charge in [-0.05, 0) is 48.4 Å². The van der Waals surface area contributed by atoms with E-state index >= 15 is 0 Å². The first-order valence-corrected chi connectivity index (χ1v) is 8.20. The van der Waals surface area contributed by atoms with E-state index in [1.54, 1.807) is 48.5 Å². The van der Waals surface area contributed by atoms with Gasteiger partial charge in [0.2, 0.25) is 0 Å². The summed E-state index contributed by atoms with van der Waals surface area (Å²) in [5.41, 5.74) is 1.66. The van der Waals surface area contributed by atoms with Gasteiger partial charge in [-0.25, -0.2) is 4.39 Å². The van der Waals surface area contributed by atoms with Gasteiger partial charge in [0, 0.05) is 12.7 Å². The van der Waals surface area contributed by atoms with E-state index in [-0.39, 0.29) is 12.4 Å². The maximum Gasteiger partial charge on any atom is 0.325 e. The fourth-order valence-corrected chi connectivity index (χ4v) is 2.89. The number of aliphatic carboxylic acids is 1. The summed E-state index contributed by atoms with van der Waals surface area (Å²) < 4.78 is 19.0. The van der Waals surface area contributed by atoms with E-state index in [1.807, 2.05) is 12.1 Å². The smallest absolute Gasteiger partial charge is 0.325 e. The monoisotopic (exact) mass is 354 g/mol. The van der Waals surface area contributed by atoms with Crippen LogP contribution in [0.25, 0.3) is 0 Å². The second kappa shape index (κ2) is 7.93. The van der Waals surface area contributed by atoms with Crippen LogP contribution < -0.4 is 0 Å². The number of carboxylic acid groups (broad SMARTS) is 1. The number of halogens is 1. The Hall–Kier alpha value is -2.99. The molecule has 5 nitrogen and oxygen atoms in total. The number of nitrogens with zero attached hydrogens (tertiary/aromatic N) is 2. The molecule has 0 saturated heterocycles. The molecule has 134 valence electrons. The van der Waals surface area contributed by atoms with Crippen LogP contribution in [0, 0.1) is 12.7 Å². The van der Waals surface area contributed by atoms with Crippen molar-refractivity contribution < 1.29 is 18.7 Å². The summed E-state index contributed by atoms with van der Waals surface area (Å²) in [5, 5.41) is 9.88. The van der Waals surface area contributed by atoms with Crippen molar-refractivity contribution in [3.63, 3.8) is 0 Å². The van der Waals surface area contributed by atoms with E-state index in [2.05, 4.69) is 4.98 Å². The molecule has 0 fully saturated rings. The van der Waals surface area contributed by atoms with E-state index in [4.69, 9.17) is 4.42 Å². The summed E-state index contributed by atoms with van der Waals surface area (Å²) in [7, 11) is 0. The highest BCUT2D eigenvalue weighted by atomic mass is 19.1. The molecule has 0 spiro atoms. The van der Waals surface area contributed by atoms with Crippen molar-refractivity contribution in [3.05, 3.63) is 89.4 Å². The molecule has 0 radical (unpaired) electrons. The van der Waals surface area contributed by atoms with Crippen molar-refractivity contribution in [2.45, 2.75) is 26.1 Å². The molecule has 0 aliphatic heterocycles. The van der Waals surface area contributed by atoms with Crippen molar-refractivity contribution in [2.24, 2.45) is 0 Å². The zero-order chi connectivity index (χ0) is 18.5. The van der Waals surface area contributed by atoms with Crippen LogP contribution in [0.4, 0.5) is 4.39 Å². The normalized spacial score (nSPS) is 12.3. The van der Waals surface area contributed by atoms with E-state index in [0.29, 0.717) is 23.4 Å². The van der Waals surface area contributed by atoms with Crippen molar-refractivity contribution in [3.8, 4) is 0 Å². The average Bonchev–Trinajstić information content (AvgIpc) is 3.12. The minimum absolute atomic E-state index is 0.289. The number of furan rings is 1. The number of benzene rings is 1. The third-order valence-electron chi connectivity index (χ3n) is 4.13. The Bertz CT molecular complexity index is 866. The molecule has 0 amide bonds. The number of rotatable bonds is 7. The zero-order valence-corrected chi connectivity index (χ0v) is 14.3. The van der Waals surface area contributed by atoms with Crippen LogP contribution in [0.5, 0.6) is 0 Å². The molecule has 2 heterocycles. The van der Waals surface area contributed by atoms with Gasteiger partial charge in [-0.1, -0.05) is 18.2 Å². The number of pyridine rings is 1. The number of carbonyl (C=O) groups is 1. The number of hydrogen-bond acceptors (Lipinski definition) is 4. The van der Waals surface area contributed by atoms with Gasteiger partial charge in [0.1, 0.15) is 17.6 Å². The molecule has 26 heavy (non-hydrogen) atoms. The summed E-state index contributed by atoms with van der Waals surface area (Å²) in [5.74, 6) is -0.732. The summed E-state index contributed by atoms with van der Waals surface area (Å²) in [6.45, 7) is 2.22. The quantitative estimate of drug-likeness (QED) is 0.696. The second-order valence-electron chi connectivity index (χ2n) is 6.05. The molecule has 0 unspecified atom stereocenters. The number of aryl methyl sites for hydroxylation is 1. The summed E-state index contributed by atoms with van der Waals surface area (Å²) >= 11 is 0. The Kier molecular flexibility index (Phi) is 5.43. The van der Waals surface area contributed by atoms with Crippen LogP contribution >= 0.6 is 0 Å². The minimum atomic E-state index is -1.02. The van der Waals surface area contributed by atoms with Gasteiger partial charge in [-0.15, -0.1) is 0 Å². The molecule has 3 aromatic rings. The first-order valence-electron chi connectivity index (χ1n) is 8.20. The standard InChI is InChI=1S/C20H19FN2O3/c1-14-11-15(7-8-18(14)21)19(20(24)25)23(13-17-6-4-10-26-17)12-16-5-2-3-9-22-16/h2-11,19H,12-13H2,1H3,(H,24,25)/t19-/m0/s1. The molecule has 1 aromatic carbocycles. The molecule has 6 heteroatoms. The minimum Gasteiger partial charge on any atom is -0.480 e. The van der Waals surface area contributed by atoms with Crippen molar-refractivity contribution in [1.82, 2.24) is 9.88 Å². The largest absolute Gasteiger partial charge is 0.480 e. The third kappa shape index (κ3) is 4.15. The summed E-state index contributed by atoms with van der Waals surface area (Å²) in [6.07, 6.45) is 3.21. The number of aromatic nitrogens is 1. The maximum absolute atomic E-state index is 13.6. The highest BCUT2D eigenvalue weighted by Gasteiger charge is 2.29. The van der Waals surface area contributed by atoms with Crippen LogP contribution in [0.3, 0.4) is 0 Å². The Morgan fingerprint density at radius 1 is 1.23 bits per heavy atom. The lowest BCUT2D eigenvalue weighted by Crippen LogP contribution is -2.33. The Labute approximate surface area is 150 Å². The predicted molar refractivity (Wildman–Crippen MR) is 93.7 cm³/mol. The molecule has 3 rings (SSSR count). The van der Waals surface area contributed by atoms with Crippen LogP contribution in [0.1, 0.15) is 28.6 Å². The zero-order valence-electron chi connectivity index (χ0n) is 14.3. The van der Waals surface area contributed by atoms with Crippen molar-refractivity contribution in [1.29, 1.82) is 0 Å². The SMILES string of the molecule is Cc1cc([C@@H](C(=O)O)N(Cc2ccccn2)Cc2ccco2)ccc1F. The number of hydrogen-bond donors (Lipinski definition) is 1. The molecule has 0 aliphatic carbocycles. The molecule has 1 atom stereocenters. The van der Waals surface area contributed by atoms with Crippen molar-refractivity contribution >= 4 is 5.97 Å². The highest BCUT2D eigenvalue weighted by Crippen LogP contribution is 2.27. The van der Waals surface area contributed by atoms with Gasteiger partial charge in [-0.3, -0.25) is 14.7 Å². The highest BCUT2D eigenvalue weighted by molar-refractivity contribution is 5.75. The lowest BCUT2D eigenvalue weighted by atomic mass is 10.0. The summed E-state index contributed by atoms with van der Waals surface area (Å²) in [4.78, 5) is 18.1. The molecule has 0 saturated carbocycles. The van der Waals surface area contributed by atoms with Crippen molar-refractivity contribution in [2.75, 3.05) is 0 Å². The molecular formula is C20H19FN2O3. The molecule has 1 N–H and O–H groups in total. The van der Waals surface area contributed by atoms with Crippen LogP contribution in [-0.2, 0) is 17.9 Å².